The number of anilines is 1. The molecular formula is C17H19N3. The Balaban J connectivity index is 2.12. The Hall–Kier alpha value is -2.29. The van der Waals surface area contributed by atoms with Gasteiger partial charge in [-0.1, -0.05) is 48.5 Å². The summed E-state index contributed by atoms with van der Waals surface area (Å²) in [6.07, 6.45) is 0. The van der Waals surface area contributed by atoms with Gasteiger partial charge in [0.2, 0.25) is 0 Å². The third-order valence-corrected chi connectivity index (χ3v) is 4.02. The molecule has 20 heavy (non-hydrogen) atoms. The van der Waals surface area contributed by atoms with Crippen molar-refractivity contribution in [2.75, 3.05) is 11.4 Å². The van der Waals surface area contributed by atoms with Crippen molar-refractivity contribution >= 4 is 11.6 Å². The van der Waals surface area contributed by atoms with Crippen molar-refractivity contribution in [3.63, 3.8) is 0 Å². The molecular weight excluding hydrogens is 246 g/mol. The molecule has 0 aromatic heterocycles. The molecule has 0 bridgehead atoms. The average molecular weight is 265 g/mol. The van der Waals surface area contributed by atoms with Crippen LogP contribution in [0, 0.1) is 6.92 Å². The molecule has 1 heterocycles. The highest BCUT2D eigenvalue weighted by atomic mass is 15.4. The maximum absolute atomic E-state index is 6.17. The van der Waals surface area contributed by atoms with Gasteiger partial charge in [0.1, 0.15) is 0 Å². The van der Waals surface area contributed by atoms with E-state index in [9.17, 15) is 0 Å². The first-order chi connectivity index (χ1) is 9.63. The van der Waals surface area contributed by atoms with Crippen LogP contribution in [0.4, 0.5) is 5.69 Å². The molecule has 0 saturated heterocycles. The van der Waals surface area contributed by atoms with Gasteiger partial charge < -0.3 is 10.6 Å². The smallest absolute Gasteiger partial charge is 0.196 e. The van der Waals surface area contributed by atoms with Gasteiger partial charge in [-0.05, 0) is 31.0 Å². The SMILES string of the molecule is Cc1ccccc1N1C(N)=NCC1(C)c1ccccc1. The van der Waals surface area contributed by atoms with Crippen LogP contribution in [0.3, 0.4) is 0 Å². The van der Waals surface area contributed by atoms with Crippen LogP contribution in [-0.2, 0) is 5.54 Å². The third kappa shape index (κ3) is 1.86. The third-order valence-electron chi connectivity index (χ3n) is 4.02. The average Bonchev–Trinajstić information content (AvgIpc) is 2.78. The van der Waals surface area contributed by atoms with Gasteiger partial charge in [-0.15, -0.1) is 0 Å². The number of rotatable bonds is 2. The zero-order chi connectivity index (χ0) is 14.2. The van der Waals surface area contributed by atoms with Crippen molar-refractivity contribution in [3.05, 3.63) is 65.7 Å². The number of nitrogens with two attached hydrogens (primary N) is 1. The van der Waals surface area contributed by atoms with Crippen molar-refractivity contribution < 1.29 is 0 Å². The number of hydrogen-bond acceptors (Lipinski definition) is 3. The summed E-state index contributed by atoms with van der Waals surface area (Å²) in [4.78, 5) is 6.64. The van der Waals surface area contributed by atoms with Gasteiger partial charge in [-0.2, -0.15) is 0 Å². The van der Waals surface area contributed by atoms with Crippen molar-refractivity contribution in [1.82, 2.24) is 0 Å². The van der Waals surface area contributed by atoms with Gasteiger partial charge in [-0.3, -0.25) is 4.99 Å². The van der Waals surface area contributed by atoms with Crippen LogP contribution in [0.1, 0.15) is 18.1 Å². The van der Waals surface area contributed by atoms with Gasteiger partial charge in [0.15, 0.2) is 5.96 Å². The van der Waals surface area contributed by atoms with E-state index in [-0.39, 0.29) is 5.54 Å². The first kappa shape index (κ1) is 12.7. The first-order valence-corrected chi connectivity index (χ1v) is 6.84. The fourth-order valence-electron chi connectivity index (χ4n) is 2.85. The predicted octanol–water partition coefficient (Wildman–Crippen LogP) is 3.05. The fraction of sp³-hybridized carbons (Fsp3) is 0.235. The lowest BCUT2D eigenvalue weighted by Crippen LogP contribution is -2.48. The molecule has 0 spiro atoms. The van der Waals surface area contributed by atoms with Crippen molar-refractivity contribution in [2.45, 2.75) is 19.4 Å². The van der Waals surface area contributed by atoms with Crippen LogP contribution in [-0.4, -0.2) is 12.5 Å². The minimum absolute atomic E-state index is 0.225. The molecule has 0 saturated carbocycles. The standard InChI is InChI=1S/C17H19N3/c1-13-8-6-7-11-15(13)20-16(18)19-12-17(20,2)14-9-4-3-5-10-14/h3-11H,12H2,1-2H3,(H2,18,19). The summed E-state index contributed by atoms with van der Waals surface area (Å²) >= 11 is 0. The molecule has 2 aromatic carbocycles. The monoisotopic (exact) mass is 265 g/mol. The molecule has 2 aromatic rings. The van der Waals surface area contributed by atoms with E-state index in [4.69, 9.17) is 5.73 Å². The normalized spacial score (nSPS) is 21.9. The second kappa shape index (κ2) is 4.67. The zero-order valence-corrected chi connectivity index (χ0v) is 11.9. The van der Waals surface area contributed by atoms with E-state index in [1.54, 1.807) is 0 Å². The highest BCUT2D eigenvalue weighted by Crippen LogP contribution is 2.37. The lowest BCUT2D eigenvalue weighted by atomic mass is 9.90. The van der Waals surface area contributed by atoms with Gasteiger partial charge in [-0.25, -0.2) is 0 Å². The molecule has 1 unspecified atom stereocenters. The molecule has 3 rings (SSSR count). The lowest BCUT2D eigenvalue weighted by Gasteiger charge is -2.37. The summed E-state index contributed by atoms with van der Waals surface area (Å²) in [6, 6.07) is 18.7. The number of benzene rings is 2. The summed E-state index contributed by atoms with van der Waals surface area (Å²) < 4.78 is 0. The van der Waals surface area contributed by atoms with Crippen LogP contribution < -0.4 is 10.6 Å². The number of hydrogen-bond donors (Lipinski definition) is 1. The second-order valence-corrected chi connectivity index (χ2v) is 5.44. The fourth-order valence-corrected chi connectivity index (χ4v) is 2.85. The number of aryl methyl sites for hydroxylation is 1. The minimum atomic E-state index is -0.225. The molecule has 102 valence electrons. The molecule has 0 aliphatic carbocycles. The second-order valence-electron chi connectivity index (χ2n) is 5.44. The summed E-state index contributed by atoms with van der Waals surface area (Å²) in [5.41, 5.74) is 9.50. The topological polar surface area (TPSA) is 41.6 Å². The van der Waals surface area contributed by atoms with Gasteiger partial charge >= 0.3 is 0 Å². The van der Waals surface area contributed by atoms with E-state index in [2.05, 4.69) is 60.1 Å². The van der Waals surface area contributed by atoms with Crippen LogP contribution in [0.5, 0.6) is 0 Å². The molecule has 1 atom stereocenters. The summed E-state index contributed by atoms with van der Waals surface area (Å²) in [5, 5.41) is 0. The Morgan fingerprint density at radius 3 is 2.40 bits per heavy atom. The lowest BCUT2D eigenvalue weighted by molar-refractivity contribution is 0.532. The van der Waals surface area contributed by atoms with Crippen molar-refractivity contribution in [2.24, 2.45) is 10.7 Å². The Morgan fingerprint density at radius 2 is 1.70 bits per heavy atom. The van der Waals surface area contributed by atoms with E-state index in [0.29, 0.717) is 12.5 Å². The largest absolute Gasteiger partial charge is 0.369 e. The molecule has 0 amide bonds. The Kier molecular flexibility index (Phi) is 2.97. The number of nitrogens with zero attached hydrogens (tertiary/aromatic N) is 2. The number of guanidine groups is 1. The summed E-state index contributed by atoms with van der Waals surface area (Å²) in [6.45, 7) is 4.97. The minimum Gasteiger partial charge on any atom is -0.369 e. The van der Waals surface area contributed by atoms with E-state index < -0.39 is 0 Å². The quantitative estimate of drug-likeness (QED) is 0.906. The van der Waals surface area contributed by atoms with Gasteiger partial charge in [0, 0.05) is 5.69 Å². The number of aliphatic imine (C=N–C) groups is 1. The maximum Gasteiger partial charge on any atom is 0.196 e. The van der Waals surface area contributed by atoms with E-state index in [1.807, 2.05) is 18.2 Å². The number of para-hydroxylation sites is 1. The predicted molar refractivity (Wildman–Crippen MR) is 83.9 cm³/mol. The van der Waals surface area contributed by atoms with Crippen molar-refractivity contribution in [1.29, 1.82) is 0 Å². The molecule has 1 aliphatic heterocycles. The first-order valence-electron chi connectivity index (χ1n) is 6.84. The van der Waals surface area contributed by atoms with Gasteiger partial charge in [0.05, 0.1) is 12.1 Å². The molecule has 0 fully saturated rings. The van der Waals surface area contributed by atoms with Crippen molar-refractivity contribution in [3.8, 4) is 0 Å². The molecule has 3 nitrogen and oxygen atoms in total. The van der Waals surface area contributed by atoms with Crippen LogP contribution in [0.2, 0.25) is 0 Å². The zero-order valence-electron chi connectivity index (χ0n) is 11.9. The molecule has 1 aliphatic rings. The van der Waals surface area contributed by atoms with E-state index in [0.717, 1.165) is 5.69 Å². The van der Waals surface area contributed by atoms with Crippen LogP contribution >= 0.6 is 0 Å². The highest BCUT2D eigenvalue weighted by Gasteiger charge is 2.40. The van der Waals surface area contributed by atoms with E-state index in [1.165, 1.54) is 11.1 Å². The maximum atomic E-state index is 6.17. The van der Waals surface area contributed by atoms with Crippen LogP contribution in [0.25, 0.3) is 0 Å². The highest BCUT2D eigenvalue weighted by molar-refractivity contribution is 5.99. The summed E-state index contributed by atoms with van der Waals surface area (Å²) in [7, 11) is 0. The molecule has 0 radical (unpaired) electrons. The summed E-state index contributed by atoms with van der Waals surface area (Å²) in [5.74, 6) is 0.589. The van der Waals surface area contributed by atoms with Gasteiger partial charge in [0.25, 0.3) is 0 Å². The molecule has 2 N–H and O–H groups in total. The van der Waals surface area contributed by atoms with Crippen LogP contribution in [0.15, 0.2) is 59.6 Å². The Bertz CT molecular complexity index is 648. The molecule has 3 heteroatoms. The van der Waals surface area contributed by atoms with E-state index >= 15 is 0 Å². The Morgan fingerprint density at radius 1 is 1.05 bits per heavy atom. The Labute approximate surface area is 119 Å².